The second-order valence-electron chi connectivity index (χ2n) is 7.64. The first-order valence-corrected chi connectivity index (χ1v) is 9.99. The molecular formula is C20H29N5O2. The Labute approximate surface area is 160 Å². The van der Waals surface area contributed by atoms with Crippen LogP contribution in [-0.2, 0) is 0 Å². The van der Waals surface area contributed by atoms with Gasteiger partial charge in [-0.15, -0.1) is 0 Å². The summed E-state index contributed by atoms with van der Waals surface area (Å²) < 4.78 is 0. The molecule has 2 saturated carbocycles. The zero-order chi connectivity index (χ0) is 19.2. The molecule has 0 atom stereocenters. The maximum atomic E-state index is 11.4. The fraction of sp³-hybridized carbons (Fsp3) is 0.600. The highest BCUT2D eigenvalue weighted by Crippen LogP contribution is 2.24. The van der Waals surface area contributed by atoms with E-state index in [1.807, 2.05) is 0 Å². The van der Waals surface area contributed by atoms with Gasteiger partial charge in [-0.25, -0.2) is 0 Å². The third-order valence-electron chi connectivity index (χ3n) is 5.51. The van der Waals surface area contributed by atoms with E-state index < -0.39 is 4.92 Å². The topological polar surface area (TPSA) is 120 Å². The molecule has 2 aliphatic rings. The maximum absolute atomic E-state index is 11.4. The van der Waals surface area contributed by atoms with Crippen molar-refractivity contribution in [3.05, 3.63) is 39.4 Å². The van der Waals surface area contributed by atoms with Crippen molar-refractivity contribution in [3.8, 4) is 0 Å². The number of hydrogen-bond acceptors (Lipinski definition) is 4. The molecule has 3 rings (SSSR count). The van der Waals surface area contributed by atoms with Crippen molar-refractivity contribution in [2.45, 2.75) is 76.3 Å². The van der Waals surface area contributed by atoms with Gasteiger partial charge in [-0.05, 0) is 31.7 Å². The molecule has 27 heavy (non-hydrogen) atoms. The standard InChI is InChI=1S/C20H29N5O2/c21-19(23-16-7-3-1-4-8-16)14-11-15(13-18(12-14)25(26)27)20(22)24-17-9-5-2-6-10-17/h11-13,16-17H,1-10H2,(H2,21,23)(H2,22,24). The summed E-state index contributed by atoms with van der Waals surface area (Å²) in [6, 6.07) is 5.12. The molecule has 7 nitrogen and oxygen atoms in total. The number of amidine groups is 2. The number of nitro groups is 1. The lowest BCUT2D eigenvalue weighted by Gasteiger charge is -2.19. The Morgan fingerprint density at radius 2 is 1.22 bits per heavy atom. The highest BCUT2D eigenvalue weighted by molar-refractivity contribution is 6.03. The molecule has 146 valence electrons. The number of aliphatic imine (C=N–C) groups is 2. The molecule has 0 saturated heterocycles. The minimum absolute atomic E-state index is 0.0360. The van der Waals surface area contributed by atoms with Crippen LogP contribution in [0.25, 0.3) is 0 Å². The van der Waals surface area contributed by atoms with Crippen LogP contribution in [-0.4, -0.2) is 28.7 Å². The molecule has 2 aliphatic carbocycles. The lowest BCUT2D eigenvalue weighted by Crippen LogP contribution is -2.22. The first-order valence-electron chi connectivity index (χ1n) is 9.99. The van der Waals surface area contributed by atoms with E-state index >= 15 is 0 Å². The molecular weight excluding hydrogens is 342 g/mol. The summed E-state index contributed by atoms with van der Waals surface area (Å²) in [5.41, 5.74) is 13.4. The van der Waals surface area contributed by atoms with Crippen LogP contribution >= 0.6 is 0 Å². The average Bonchev–Trinajstić information content (AvgIpc) is 2.69. The lowest BCUT2D eigenvalue weighted by atomic mass is 9.95. The van der Waals surface area contributed by atoms with Crippen molar-refractivity contribution in [2.75, 3.05) is 0 Å². The number of nitrogens with two attached hydrogens (primary N) is 2. The maximum Gasteiger partial charge on any atom is 0.270 e. The fourth-order valence-corrected chi connectivity index (χ4v) is 3.98. The first-order chi connectivity index (χ1) is 13.0. The highest BCUT2D eigenvalue weighted by atomic mass is 16.6. The second kappa shape index (κ2) is 8.97. The van der Waals surface area contributed by atoms with Gasteiger partial charge >= 0.3 is 0 Å². The molecule has 4 N–H and O–H groups in total. The number of rotatable bonds is 5. The molecule has 0 aromatic heterocycles. The van der Waals surface area contributed by atoms with E-state index in [1.54, 1.807) is 6.07 Å². The Balaban J connectivity index is 1.88. The van der Waals surface area contributed by atoms with E-state index in [1.165, 1.54) is 25.0 Å². The third-order valence-corrected chi connectivity index (χ3v) is 5.51. The van der Waals surface area contributed by atoms with Crippen molar-refractivity contribution in [2.24, 2.45) is 21.5 Å². The summed E-state index contributed by atoms with van der Waals surface area (Å²) in [6.45, 7) is 0. The van der Waals surface area contributed by atoms with Gasteiger partial charge in [-0.1, -0.05) is 38.5 Å². The quantitative estimate of drug-likeness (QED) is 0.355. The van der Waals surface area contributed by atoms with Crippen LogP contribution in [0.5, 0.6) is 0 Å². The van der Waals surface area contributed by atoms with Crippen molar-refractivity contribution in [1.82, 2.24) is 0 Å². The van der Waals surface area contributed by atoms with Crippen LogP contribution < -0.4 is 11.5 Å². The lowest BCUT2D eigenvalue weighted by molar-refractivity contribution is -0.384. The van der Waals surface area contributed by atoms with Crippen LogP contribution in [0.1, 0.15) is 75.3 Å². The minimum Gasteiger partial charge on any atom is -0.383 e. The normalized spacial score (nSPS) is 20.6. The predicted molar refractivity (Wildman–Crippen MR) is 108 cm³/mol. The summed E-state index contributed by atoms with van der Waals surface area (Å²) in [5, 5.41) is 11.4. The largest absolute Gasteiger partial charge is 0.383 e. The Morgan fingerprint density at radius 1 is 0.815 bits per heavy atom. The van der Waals surface area contributed by atoms with E-state index in [4.69, 9.17) is 11.5 Å². The van der Waals surface area contributed by atoms with Crippen molar-refractivity contribution >= 4 is 17.4 Å². The predicted octanol–water partition coefficient (Wildman–Crippen LogP) is 3.67. The van der Waals surface area contributed by atoms with Crippen LogP contribution in [0.2, 0.25) is 0 Å². The van der Waals surface area contributed by atoms with Gasteiger partial charge in [0.15, 0.2) is 0 Å². The summed E-state index contributed by atoms with van der Waals surface area (Å²) in [5.74, 6) is 0.689. The molecule has 1 aromatic rings. The highest BCUT2D eigenvalue weighted by Gasteiger charge is 2.18. The second-order valence-corrected chi connectivity index (χ2v) is 7.64. The SMILES string of the molecule is NC(=NC1CCCCC1)c1cc(C(N)=NC2CCCCC2)cc([N+](=O)[O-])c1. The molecule has 0 aliphatic heterocycles. The minimum atomic E-state index is -0.422. The molecule has 0 unspecified atom stereocenters. The van der Waals surface area contributed by atoms with Gasteiger partial charge in [0.1, 0.15) is 11.7 Å². The van der Waals surface area contributed by atoms with Gasteiger partial charge in [-0.3, -0.25) is 20.1 Å². The van der Waals surface area contributed by atoms with Gasteiger partial charge < -0.3 is 11.5 Å². The number of hydrogen-bond donors (Lipinski definition) is 2. The third kappa shape index (κ3) is 5.28. The Hall–Kier alpha value is -2.44. The van der Waals surface area contributed by atoms with Crippen molar-refractivity contribution in [3.63, 3.8) is 0 Å². The molecule has 0 heterocycles. The average molecular weight is 371 g/mol. The van der Waals surface area contributed by atoms with Gasteiger partial charge in [0.25, 0.3) is 5.69 Å². The molecule has 0 radical (unpaired) electrons. The Bertz CT molecular complexity index is 680. The van der Waals surface area contributed by atoms with E-state index in [0.29, 0.717) is 22.8 Å². The zero-order valence-corrected chi connectivity index (χ0v) is 15.8. The van der Waals surface area contributed by atoms with Crippen LogP contribution in [0.15, 0.2) is 28.2 Å². The monoisotopic (exact) mass is 371 g/mol. The molecule has 2 fully saturated rings. The number of nitrogens with zero attached hydrogens (tertiary/aromatic N) is 3. The Morgan fingerprint density at radius 3 is 1.59 bits per heavy atom. The zero-order valence-electron chi connectivity index (χ0n) is 15.8. The summed E-state index contributed by atoms with van der Waals surface area (Å²) in [6.07, 6.45) is 11.2. The van der Waals surface area contributed by atoms with Gasteiger partial charge in [0.2, 0.25) is 0 Å². The van der Waals surface area contributed by atoms with Gasteiger partial charge in [-0.2, -0.15) is 0 Å². The van der Waals surface area contributed by atoms with Crippen LogP contribution in [0, 0.1) is 10.1 Å². The number of benzene rings is 1. The molecule has 0 amide bonds. The van der Waals surface area contributed by atoms with E-state index in [-0.39, 0.29) is 17.8 Å². The van der Waals surface area contributed by atoms with Crippen molar-refractivity contribution in [1.29, 1.82) is 0 Å². The number of nitro benzene ring substituents is 1. The molecule has 0 bridgehead atoms. The smallest absolute Gasteiger partial charge is 0.270 e. The van der Waals surface area contributed by atoms with Gasteiger partial charge in [0, 0.05) is 23.3 Å². The first kappa shape index (κ1) is 19.3. The Kier molecular flexibility index (Phi) is 6.42. The van der Waals surface area contributed by atoms with E-state index in [9.17, 15) is 10.1 Å². The van der Waals surface area contributed by atoms with Crippen LogP contribution in [0.4, 0.5) is 5.69 Å². The summed E-state index contributed by atoms with van der Waals surface area (Å²) in [7, 11) is 0. The number of non-ortho nitro benzene ring substituents is 1. The summed E-state index contributed by atoms with van der Waals surface area (Å²) in [4.78, 5) is 20.2. The van der Waals surface area contributed by atoms with Gasteiger partial charge in [0.05, 0.1) is 17.0 Å². The van der Waals surface area contributed by atoms with E-state index in [2.05, 4.69) is 9.98 Å². The van der Waals surface area contributed by atoms with Crippen LogP contribution in [0.3, 0.4) is 0 Å². The fourth-order valence-electron chi connectivity index (χ4n) is 3.98. The van der Waals surface area contributed by atoms with E-state index in [0.717, 1.165) is 51.4 Å². The molecule has 1 aromatic carbocycles. The molecule has 0 spiro atoms. The van der Waals surface area contributed by atoms with Crippen molar-refractivity contribution < 1.29 is 4.92 Å². The molecule has 7 heteroatoms. The summed E-state index contributed by atoms with van der Waals surface area (Å²) >= 11 is 0.